The number of nitrogens with zero attached hydrogens (tertiary/aromatic N) is 3. The lowest BCUT2D eigenvalue weighted by Gasteiger charge is -2.20. The Bertz CT molecular complexity index is 861. The molecule has 1 amide bonds. The minimum absolute atomic E-state index is 0.310. The summed E-state index contributed by atoms with van der Waals surface area (Å²) in [5.74, 6) is -1.68. The molecule has 130 valence electrons. The zero-order valence-corrected chi connectivity index (χ0v) is 13.6. The maximum Gasteiger partial charge on any atom is 0.326 e. The van der Waals surface area contributed by atoms with Gasteiger partial charge in [0.05, 0.1) is 5.69 Å². The van der Waals surface area contributed by atoms with E-state index in [0.29, 0.717) is 30.8 Å². The summed E-state index contributed by atoms with van der Waals surface area (Å²) in [6.45, 7) is 0.428. The van der Waals surface area contributed by atoms with Gasteiger partial charge in [0.25, 0.3) is 5.91 Å². The molecule has 1 N–H and O–H groups in total. The van der Waals surface area contributed by atoms with Crippen LogP contribution in [0.1, 0.15) is 41.0 Å². The van der Waals surface area contributed by atoms with Crippen molar-refractivity contribution in [2.45, 2.75) is 38.1 Å². The molecule has 0 bridgehead atoms. The molecular formula is C18H18FN3O3. The molecule has 7 heteroatoms. The SMILES string of the molecule is O=C(O)[C@@H]1CCCN1C(=O)c1nn(-c2cccc(F)c2)c2c1CCC2. The number of amides is 1. The van der Waals surface area contributed by atoms with Crippen LogP contribution >= 0.6 is 0 Å². The van der Waals surface area contributed by atoms with Gasteiger partial charge in [-0.25, -0.2) is 13.9 Å². The molecule has 1 aromatic heterocycles. The minimum atomic E-state index is -0.980. The van der Waals surface area contributed by atoms with Crippen molar-refractivity contribution in [2.75, 3.05) is 6.54 Å². The van der Waals surface area contributed by atoms with E-state index >= 15 is 0 Å². The fourth-order valence-electron chi connectivity index (χ4n) is 3.83. The number of carboxylic acids is 1. The van der Waals surface area contributed by atoms with Crippen LogP contribution in [-0.2, 0) is 17.6 Å². The molecule has 2 aliphatic rings. The second-order valence-electron chi connectivity index (χ2n) is 6.51. The molecule has 1 saturated heterocycles. The van der Waals surface area contributed by atoms with Gasteiger partial charge in [0, 0.05) is 17.8 Å². The molecule has 2 aromatic rings. The van der Waals surface area contributed by atoms with E-state index in [1.54, 1.807) is 16.8 Å². The van der Waals surface area contributed by atoms with Gasteiger partial charge in [-0.05, 0) is 50.3 Å². The number of fused-ring (bicyclic) bond motifs is 1. The Morgan fingerprint density at radius 1 is 1.24 bits per heavy atom. The van der Waals surface area contributed by atoms with Crippen molar-refractivity contribution in [3.05, 3.63) is 47.0 Å². The molecule has 4 rings (SSSR count). The van der Waals surface area contributed by atoms with Gasteiger partial charge in [-0.3, -0.25) is 4.79 Å². The van der Waals surface area contributed by atoms with E-state index in [9.17, 15) is 19.1 Å². The standard InChI is InChI=1S/C18H18FN3O3/c19-11-4-1-5-12(10-11)22-14-7-2-6-13(14)16(20-22)17(23)21-9-3-8-15(21)18(24)25/h1,4-5,10,15H,2-3,6-9H2,(H,24,25)/t15-/m0/s1. The Hall–Kier alpha value is -2.70. The summed E-state index contributed by atoms with van der Waals surface area (Å²) < 4.78 is 15.2. The summed E-state index contributed by atoms with van der Waals surface area (Å²) in [5.41, 5.74) is 2.67. The number of aliphatic carboxylic acids is 1. The highest BCUT2D eigenvalue weighted by Gasteiger charge is 2.37. The van der Waals surface area contributed by atoms with Crippen LogP contribution in [0.15, 0.2) is 24.3 Å². The summed E-state index contributed by atoms with van der Waals surface area (Å²) in [7, 11) is 0. The van der Waals surface area contributed by atoms with E-state index in [1.807, 2.05) is 0 Å². The van der Waals surface area contributed by atoms with E-state index in [-0.39, 0.29) is 11.7 Å². The van der Waals surface area contributed by atoms with Crippen LogP contribution in [0.4, 0.5) is 4.39 Å². The second kappa shape index (κ2) is 5.98. The quantitative estimate of drug-likeness (QED) is 0.927. The van der Waals surface area contributed by atoms with Crippen LogP contribution < -0.4 is 0 Å². The zero-order valence-electron chi connectivity index (χ0n) is 13.6. The van der Waals surface area contributed by atoms with Crippen molar-refractivity contribution < 1.29 is 19.1 Å². The van der Waals surface area contributed by atoms with Gasteiger partial charge < -0.3 is 10.0 Å². The first-order valence-electron chi connectivity index (χ1n) is 8.47. The van der Waals surface area contributed by atoms with Gasteiger partial charge in [0.15, 0.2) is 5.69 Å². The molecule has 0 spiro atoms. The molecule has 0 unspecified atom stereocenters. The van der Waals surface area contributed by atoms with Crippen LogP contribution in [0.2, 0.25) is 0 Å². The number of hydrogen-bond acceptors (Lipinski definition) is 3. The van der Waals surface area contributed by atoms with Crippen molar-refractivity contribution in [3.8, 4) is 5.69 Å². The summed E-state index contributed by atoms with van der Waals surface area (Å²) in [6, 6.07) is 5.31. The Balaban J connectivity index is 1.75. The Kier molecular flexibility index (Phi) is 3.78. The first kappa shape index (κ1) is 15.8. The van der Waals surface area contributed by atoms with Crippen molar-refractivity contribution in [1.29, 1.82) is 0 Å². The molecule has 1 aromatic carbocycles. The van der Waals surface area contributed by atoms with E-state index in [4.69, 9.17) is 0 Å². The van der Waals surface area contributed by atoms with E-state index < -0.39 is 12.0 Å². The topological polar surface area (TPSA) is 75.4 Å². The number of carbonyl (C=O) groups excluding carboxylic acids is 1. The lowest BCUT2D eigenvalue weighted by atomic mass is 10.1. The largest absolute Gasteiger partial charge is 0.480 e. The smallest absolute Gasteiger partial charge is 0.326 e. The third kappa shape index (κ3) is 2.59. The number of hydrogen-bond donors (Lipinski definition) is 1. The van der Waals surface area contributed by atoms with Crippen molar-refractivity contribution in [1.82, 2.24) is 14.7 Å². The van der Waals surface area contributed by atoms with Gasteiger partial charge in [0.2, 0.25) is 0 Å². The number of carbonyl (C=O) groups is 2. The molecule has 1 aliphatic heterocycles. The van der Waals surface area contributed by atoms with Crippen molar-refractivity contribution in [3.63, 3.8) is 0 Å². The number of benzene rings is 1. The highest BCUT2D eigenvalue weighted by molar-refractivity contribution is 5.97. The molecule has 6 nitrogen and oxygen atoms in total. The van der Waals surface area contributed by atoms with Gasteiger partial charge in [-0.1, -0.05) is 6.07 Å². The average Bonchev–Trinajstić information content (AvgIpc) is 3.29. The van der Waals surface area contributed by atoms with E-state index in [2.05, 4.69) is 5.10 Å². The van der Waals surface area contributed by atoms with Gasteiger partial charge in [0.1, 0.15) is 11.9 Å². The monoisotopic (exact) mass is 343 g/mol. The third-order valence-electron chi connectivity index (χ3n) is 4.98. The zero-order chi connectivity index (χ0) is 17.6. The van der Waals surface area contributed by atoms with Crippen molar-refractivity contribution in [2.24, 2.45) is 0 Å². The molecule has 0 radical (unpaired) electrons. The van der Waals surface area contributed by atoms with E-state index in [1.165, 1.54) is 17.0 Å². The van der Waals surface area contributed by atoms with Crippen LogP contribution in [0.5, 0.6) is 0 Å². The molecule has 25 heavy (non-hydrogen) atoms. The maximum atomic E-state index is 13.6. The fourth-order valence-corrected chi connectivity index (χ4v) is 3.83. The fraction of sp³-hybridized carbons (Fsp3) is 0.389. The Labute approximate surface area is 143 Å². The lowest BCUT2D eigenvalue weighted by molar-refractivity contribution is -0.141. The predicted molar refractivity (Wildman–Crippen MR) is 87.2 cm³/mol. The number of carboxylic acid groups (broad SMARTS) is 1. The van der Waals surface area contributed by atoms with Crippen LogP contribution in [0.3, 0.4) is 0 Å². The normalized spacial score (nSPS) is 19.2. The van der Waals surface area contributed by atoms with E-state index in [0.717, 1.165) is 30.5 Å². The number of rotatable bonds is 3. The second-order valence-corrected chi connectivity index (χ2v) is 6.51. The first-order chi connectivity index (χ1) is 12.1. The number of halogens is 1. The predicted octanol–water partition coefficient (Wildman–Crippen LogP) is 2.19. The van der Waals surface area contributed by atoms with Crippen LogP contribution in [0, 0.1) is 5.82 Å². The molecular weight excluding hydrogens is 325 g/mol. The minimum Gasteiger partial charge on any atom is -0.480 e. The highest BCUT2D eigenvalue weighted by atomic mass is 19.1. The van der Waals surface area contributed by atoms with Crippen LogP contribution in [0.25, 0.3) is 5.69 Å². The number of aromatic nitrogens is 2. The maximum absolute atomic E-state index is 13.6. The van der Waals surface area contributed by atoms with Crippen LogP contribution in [-0.4, -0.2) is 44.3 Å². The third-order valence-corrected chi connectivity index (χ3v) is 4.98. The Morgan fingerprint density at radius 2 is 2.08 bits per heavy atom. The first-order valence-corrected chi connectivity index (χ1v) is 8.47. The highest BCUT2D eigenvalue weighted by Crippen LogP contribution is 2.30. The van der Waals surface area contributed by atoms with Gasteiger partial charge in [-0.15, -0.1) is 0 Å². The Morgan fingerprint density at radius 3 is 2.84 bits per heavy atom. The molecule has 0 saturated carbocycles. The summed E-state index contributed by atoms with van der Waals surface area (Å²) in [6.07, 6.45) is 3.56. The molecule has 1 fully saturated rings. The van der Waals surface area contributed by atoms with Gasteiger partial charge >= 0.3 is 5.97 Å². The molecule has 1 atom stereocenters. The molecule has 1 aliphatic carbocycles. The van der Waals surface area contributed by atoms with Gasteiger partial charge in [-0.2, -0.15) is 5.10 Å². The van der Waals surface area contributed by atoms with Crippen molar-refractivity contribution >= 4 is 11.9 Å². The lowest BCUT2D eigenvalue weighted by Crippen LogP contribution is -2.40. The summed E-state index contributed by atoms with van der Waals surface area (Å²) in [5, 5.41) is 13.8. The average molecular weight is 343 g/mol. The molecule has 2 heterocycles. The number of likely N-dealkylation sites (tertiary alicyclic amines) is 1. The summed E-state index contributed by atoms with van der Waals surface area (Å²) >= 11 is 0. The summed E-state index contributed by atoms with van der Waals surface area (Å²) in [4.78, 5) is 25.7.